The second-order valence-corrected chi connectivity index (χ2v) is 4.85. The number of likely N-dealkylation sites (tertiary alicyclic amines) is 1. The fourth-order valence-electron chi connectivity index (χ4n) is 2.38. The molecule has 1 rings (SSSR count). The summed E-state index contributed by atoms with van der Waals surface area (Å²) in [5.74, 6) is 0. The van der Waals surface area contributed by atoms with Gasteiger partial charge >= 0.3 is 0 Å². The van der Waals surface area contributed by atoms with E-state index < -0.39 is 24.4 Å². The molecule has 0 amide bonds. The molecule has 1 heterocycles. The molecule has 0 radical (unpaired) electrons. The van der Waals surface area contributed by atoms with Gasteiger partial charge in [0.2, 0.25) is 0 Å². The molecule has 102 valence electrons. The fourth-order valence-corrected chi connectivity index (χ4v) is 2.38. The predicted octanol–water partition coefficient (Wildman–Crippen LogP) is -0.674. The van der Waals surface area contributed by atoms with Gasteiger partial charge in [-0.15, -0.1) is 0 Å². The first kappa shape index (κ1) is 14.9. The lowest BCUT2D eigenvalue weighted by atomic mass is 9.94. The molecular weight excluding hydrogens is 222 g/mol. The van der Waals surface area contributed by atoms with Crippen molar-refractivity contribution in [1.82, 2.24) is 4.90 Å². The third-order valence-electron chi connectivity index (χ3n) is 3.51. The first-order valence-corrected chi connectivity index (χ1v) is 6.51. The molecule has 1 fully saturated rings. The molecule has 4 atom stereocenters. The summed E-state index contributed by atoms with van der Waals surface area (Å²) in [5, 5.41) is 38.2. The summed E-state index contributed by atoms with van der Waals surface area (Å²) >= 11 is 0. The van der Waals surface area contributed by atoms with E-state index in [0.717, 1.165) is 25.8 Å². The molecule has 5 heteroatoms. The molecule has 1 saturated heterocycles. The maximum absolute atomic E-state index is 9.77. The van der Waals surface area contributed by atoms with Crippen LogP contribution in [0.1, 0.15) is 32.6 Å². The molecule has 17 heavy (non-hydrogen) atoms. The van der Waals surface area contributed by atoms with Gasteiger partial charge in [0.05, 0.1) is 18.8 Å². The van der Waals surface area contributed by atoms with Gasteiger partial charge in [-0.3, -0.25) is 4.90 Å². The van der Waals surface area contributed by atoms with Gasteiger partial charge in [-0.2, -0.15) is 0 Å². The standard InChI is InChI=1S/C12H25NO4/c1-2-3-4-5-6-13-7-10(15)12(17)11(16)9(13)8-14/h9-12,14-17H,2-8H2,1H3/t9?,10-,11+,12+/m0/s1. The molecular formula is C12H25NO4. The van der Waals surface area contributed by atoms with E-state index in [9.17, 15) is 20.4 Å². The zero-order chi connectivity index (χ0) is 12.8. The van der Waals surface area contributed by atoms with Gasteiger partial charge in [-0.05, 0) is 13.0 Å². The van der Waals surface area contributed by atoms with E-state index >= 15 is 0 Å². The second kappa shape index (κ2) is 7.28. The highest BCUT2D eigenvalue weighted by Gasteiger charge is 2.40. The fraction of sp³-hybridized carbons (Fsp3) is 1.00. The Morgan fingerprint density at radius 1 is 1.06 bits per heavy atom. The molecule has 0 spiro atoms. The highest BCUT2D eigenvalue weighted by Crippen LogP contribution is 2.19. The zero-order valence-corrected chi connectivity index (χ0v) is 10.5. The summed E-state index contributed by atoms with van der Waals surface area (Å²) in [6.45, 7) is 3.00. The van der Waals surface area contributed by atoms with Crippen LogP contribution in [0.2, 0.25) is 0 Å². The number of unbranched alkanes of at least 4 members (excludes halogenated alkanes) is 3. The Balaban J connectivity index is 2.45. The largest absolute Gasteiger partial charge is 0.395 e. The van der Waals surface area contributed by atoms with Crippen molar-refractivity contribution < 1.29 is 20.4 Å². The lowest BCUT2D eigenvalue weighted by Gasteiger charge is -2.43. The van der Waals surface area contributed by atoms with Crippen molar-refractivity contribution >= 4 is 0 Å². The summed E-state index contributed by atoms with van der Waals surface area (Å²) in [6, 6.07) is -0.463. The van der Waals surface area contributed by atoms with E-state index in [-0.39, 0.29) is 6.61 Å². The van der Waals surface area contributed by atoms with Crippen molar-refractivity contribution in [3.63, 3.8) is 0 Å². The van der Waals surface area contributed by atoms with E-state index in [1.54, 1.807) is 0 Å². The highest BCUT2D eigenvalue weighted by atomic mass is 16.4. The maximum Gasteiger partial charge on any atom is 0.109 e. The summed E-state index contributed by atoms with van der Waals surface area (Å²) < 4.78 is 0. The van der Waals surface area contributed by atoms with Crippen LogP contribution in [0, 0.1) is 0 Å². The molecule has 0 bridgehead atoms. The Kier molecular flexibility index (Phi) is 6.37. The zero-order valence-electron chi connectivity index (χ0n) is 10.5. The second-order valence-electron chi connectivity index (χ2n) is 4.85. The molecule has 0 aromatic rings. The molecule has 1 aliphatic heterocycles. The smallest absolute Gasteiger partial charge is 0.109 e. The Morgan fingerprint density at radius 2 is 1.76 bits per heavy atom. The lowest BCUT2D eigenvalue weighted by molar-refractivity contribution is -0.145. The molecule has 5 nitrogen and oxygen atoms in total. The molecule has 4 N–H and O–H groups in total. The van der Waals surface area contributed by atoms with E-state index in [4.69, 9.17) is 0 Å². The van der Waals surface area contributed by atoms with Gasteiger partial charge in [0.1, 0.15) is 12.2 Å². The average molecular weight is 247 g/mol. The van der Waals surface area contributed by atoms with Gasteiger partial charge in [-0.25, -0.2) is 0 Å². The summed E-state index contributed by atoms with van der Waals surface area (Å²) in [7, 11) is 0. The molecule has 1 unspecified atom stereocenters. The Hall–Kier alpha value is -0.200. The van der Waals surface area contributed by atoms with Crippen molar-refractivity contribution in [3.05, 3.63) is 0 Å². The number of hydrogen-bond donors (Lipinski definition) is 4. The summed E-state index contributed by atoms with van der Waals surface area (Å²) in [4.78, 5) is 1.87. The number of β-amino-alcohol motifs (C(OH)–C–C–N with tert-alkyl or cyclic N) is 1. The number of piperidine rings is 1. The van der Waals surface area contributed by atoms with Crippen molar-refractivity contribution in [3.8, 4) is 0 Å². The Labute approximate surface area is 103 Å². The van der Waals surface area contributed by atoms with Crippen LogP contribution in [-0.2, 0) is 0 Å². The molecule has 0 aromatic heterocycles. The van der Waals surface area contributed by atoms with E-state index in [0.29, 0.717) is 6.54 Å². The van der Waals surface area contributed by atoms with Crippen LogP contribution in [-0.4, -0.2) is 69.4 Å². The van der Waals surface area contributed by atoms with Gasteiger partial charge in [0.15, 0.2) is 0 Å². The number of hydrogen-bond acceptors (Lipinski definition) is 5. The number of rotatable bonds is 6. The SMILES string of the molecule is CCCCCCN1C[C@H](O)[C@@H](O)[C@H](O)C1CO. The Bertz CT molecular complexity index is 215. The molecule has 1 aliphatic rings. The van der Waals surface area contributed by atoms with E-state index in [2.05, 4.69) is 6.92 Å². The van der Waals surface area contributed by atoms with Gasteiger partial charge in [0.25, 0.3) is 0 Å². The first-order valence-electron chi connectivity index (χ1n) is 6.51. The quantitative estimate of drug-likeness (QED) is 0.468. The third kappa shape index (κ3) is 3.89. The predicted molar refractivity (Wildman–Crippen MR) is 64.6 cm³/mol. The number of aliphatic hydroxyl groups is 4. The van der Waals surface area contributed by atoms with E-state index in [1.807, 2.05) is 4.90 Å². The minimum absolute atomic E-state index is 0.196. The lowest BCUT2D eigenvalue weighted by Crippen LogP contribution is -2.62. The Morgan fingerprint density at radius 3 is 2.35 bits per heavy atom. The average Bonchev–Trinajstić information content (AvgIpc) is 2.32. The first-order chi connectivity index (χ1) is 8.11. The van der Waals surface area contributed by atoms with Crippen LogP contribution in [0.25, 0.3) is 0 Å². The number of aliphatic hydroxyl groups excluding tert-OH is 4. The minimum Gasteiger partial charge on any atom is -0.395 e. The van der Waals surface area contributed by atoms with Crippen LogP contribution in [0.5, 0.6) is 0 Å². The van der Waals surface area contributed by atoms with Crippen LogP contribution < -0.4 is 0 Å². The monoisotopic (exact) mass is 247 g/mol. The van der Waals surface area contributed by atoms with Crippen molar-refractivity contribution in [2.75, 3.05) is 19.7 Å². The van der Waals surface area contributed by atoms with Crippen molar-refractivity contribution in [2.45, 2.75) is 57.0 Å². The minimum atomic E-state index is -1.15. The van der Waals surface area contributed by atoms with Crippen LogP contribution in [0.3, 0.4) is 0 Å². The normalized spacial score (nSPS) is 35.1. The van der Waals surface area contributed by atoms with Crippen LogP contribution in [0.4, 0.5) is 0 Å². The van der Waals surface area contributed by atoms with E-state index in [1.165, 1.54) is 6.42 Å². The summed E-state index contributed by atoms with van der Waals surface area (Å²) in [6.07, 6.45) is 1.27. The van der Waals surface area contributed by atoms with Crippen molar-refractivity contribution in [1.29, 1.82) is 0 Å². The molecule has 0 saturated carbocycles. The van der Waals surface area contributed by atoms with Crippen LogP contribution in [0.15, 0.2) is 0 Å². The molecule has 0 aliphatic carbocycles. The van der Waals surface area contributed by atoms with Gasteiger partial charge in [-0.1, -0.05) is 26.2 Å². The maximum atomic E-state index is 9.77. The van der Waals surface area contributed by atoms with Gasteiger partial charge in [0, 0.05) is 6.54 Å². The third-order valence-corrected chi connectivity index (χ3v) is 3.51. The summed E-state index contributed by atoms with van der Waals surface area (Å²) in [5.41, 5.74) is 0. The topological polar surface area (TPSA) is 84.2 Å². The number of nitrogens with zero attached hydrogens (tertiary/aromatic N) is 1. The molecule has 0 aromatic carbocycles. The van der Waals surface area contributed by atoms with Crippen LogP contribution >= 0.6 is 0 Å². The van der Waals surface area contributed by atoms with Gasteiger partial charge < -0.3 is 20.4 Å². The van der Waals surface area contributed by atoms with Crippen molar-refractivity contribution in [2.24, 2.45) is 0 Å². The highest BCUT2D eigenvalue weighted by molar-refractivity contribution is 4.93.